The minimum absolute atomic E-state index is 0.114. The fourth-order valence-corrected chi connectivity index (χ4v) is 2.32. The molecule has 2 aromatic rings. The second-order valence-electron chi connectivity index (χ2n) is 5.51. The number of rotatable bonds is 7. The van der Waals surface area contributed by atoms with Gasteiger partial charge in [-0.05, 0) is 29.7 Å². The summed E-state index contributed by atoms with van der Waals surface area (Å²) in [6.45, 7) is 0.114. The quantitative estimate of drug-likeness (QED) is 0.808. The van der Waals surface area contributed by atoms with Crippen LogP contribution in [0.15, 0.2) is 54.6 Å². The van der Waals surface area contributed by atoms with Gasteiger partial charge in [0.1, 0.15) is 6.61 Å². The average Bonchev–Trinajstić information content (AvgIpc) is 2.61. The van der Waals surface area contributed by atoms with Crippen molar-refractivity contribution in [2.45, 2.75) is 25.5 Å². The lowest BCUT2D eigenvalue weighted by Crippen LogP contribution is -2.38. The van der Waals surface area contributed by atoms with E-state index in [2.05, 4.69) is 5.32 Å². The molecule has 128 valence electrons. The lowest BCUT2D eigenvalue weighted by atomic mass is 10.0. The number of amides is 1. The van der Waals surface area contributed by atoms with Gasteiger partial charge in [-0.15, -0.1) is 0 Å². The molecule has 1 atom stereocenters. The van der Waals surface area contributed by atoms with Crippen molar-refractivity contribution >= 4 is 12.1 Å². The topological polar surface area (TPSA) is 99.4 Å². The van der Waals surface area contributed by atoms with E-state index in [0.29, 0.717) is 12.0 Å². The van der Waals surface area contributed by atoms with Crippen LogP contribution < -0.4 is 5.32 Å². The minimum Gasteiger partial charge on any atom is -0.481 e. The lowest BCUT2D eigenvalue weighted by Gasteiger charge is -2.17. The number of benzene rings is 2. The first-order valence-electron chi connectivity index (χ1n) is 7.75. The van der Waals surface area contributed by atoms with E-state index in [-0.39, 0.29) is 13.0 Å². The first kappa shape index (κ1) is 18.0. The standard InChI is InChI=1S/C19H18N2O4/c20-12-15-8-6-14(7-9-15)10-17(11-18(22)23)21-19(24)25-13-16-4-2-1-3-5-16/h1-9,17H,10-11,13H2,(H,21,24)(H,22,23)/t17-/m1/s1. The summed E-state index contributed by atoms with van der Waals surface area (Å²) in [6.07, 6.45) is -0.553. The molecule has 25 heavy (non-hydrogen) atoms. The van der Waals surface area contributed by atoms with Crippen molar-refractivity contribution in [2.75, 3.05) is 0 Å². The van der Waals surface area contributed by atoms with Crippen molar-refractivity contribution in [3.8, 4) is 6.07 Å². The van der Waals surface area contributed by atoms with Gasteiger partial charge in [-0.1, -0.05) is 42.5 Å². The molecule has 0 aromatic heterocycles. The monoisotopic (exact) mass is 338 g/mol. The van der Waals surface area contributed by atoms with Crippen LogP contribution in [0, 0.1) is 11.3 Å². The molecule has 0 unspecified atom stereocenters. The van der Waals surface area contributed by atoms with Crippen LogP contribution in [0.4, 0.5) is 4.79 Å². The normalized spacial score (nSPS) is 11.2. The number of nitriles is 1. The van der Waals surface area contributed by atoms with E-state index in [4.69, 9.17) is 15.1 Å². The summed E-state index contributed by atoms with van der Waals surface area (Å²) in [5.41, 5.74) is 2.20. The van der Waals surface area contributed by atoms with E-state index >= 15 is 0 Å². The summed E-state index contributed by atoms with van der Waals surface area (Å²) in [7, 11) is 0. The summed E-state index contributed by atoms with van der Waals surface area (Å²) in [5.74, 6) is -1.01. The molecule has 2 aromatic carbocycles. The van der Waals surface area contributed by atoms with Crippen LogP contribution in [0.1, 0.15) is 23.1 Å². The largest absolute Gasteiger partial charge is 0.481 e. The van der Waals surface area contributed by atoms with Gasteiger partial charge < -0.3 is 15.2 Å². The summed E-state index contributed by atoms with van der Waals surface area (Å²) in [6, 6.07) is 17.4. The molecule has 0 fully saturated rings. The van der Waals surface area contributed by atoms with Crippen molar-refractivity contribution in [3.63, 3.8) is 0 Å². The number of hydrogen-bond acceptors (Lipinski definition) is 4. The molecule has 0 bridgehead atoms. The van der Waals surface area contributed by atoms with Gasteiger partial charge in [0.15, 0.2) is 0 Å². The molecule has 0 aliphatic rings. The van der Waals surface area contributed by atoms with Crippen LogP contribution in [0.25, 0.3) is 0 Å². The number of carboxylic acids is 1. The predicted octanol–water partition coefficient (Wildman–Crippen LogP) is 2.87. The number of carbonyl (C=O) groups is 2. The zero-order valence-electron chi connectivity index (χ0n) is 13.5. The molecule has 2 rings (SSSR count). The lowest BCUT2D eigenvalue weighted by molar-refractivity contribution is -0.137. The molecule has 0 aliphatic carbocycles. The number of aliphatic carboxylic acids is 1. The maximum absolute atomic E-state index is 11.9. The van der Waals surface area contributed by atoms with E-state index in [9.17, 15) is 9.59 Å². The van der Waals surface area contributed by atoms with Gasteiger partial charge in [0.2, 0.25) is 0 Å². The average molecular weight is 338 g/mol. The van der Waals surface area contributed by atoms with Crippen molar-refractivity contribution < 1.29 is 19.4 Å². The third kappa shape index (κ3) is 6.36. The highest BCUT2D eigenvalue weighted by molar-refractivity contribution is 5.71. The molecular weight excluding hydrogens is 320 g/mol. The van der Waals surface area contributed by atoms with Crippen molar-refractivity contribution in [1.29, 1.82) is 5.26 Å². The third-order valence-electron chi connectivity index (χ3n) is 3.52. The Morgan fingerprint density at radius 1 is 1.08 bits per heavy atom. The maximum Gasteiger partial charge on any atom is 0.407 e. The van der Waals surface area contributed by atoms with Gasteiger partial charge in [0.05, 0.1) is 18.1 Å². The van der Waals surface area contributed by atoms with Gasteiger partial charge in [-0.2, -0.15) is 5.26 Å². The number of hydrogen-bond donors (Lipinski definition) is 2. The van der Waals surface area contributed by atoms with Gasteiger partial charge in [0.25, 0.3) is 0 Å². The Balaban J connectivity index is 1.93. The van der Waals surface area contributed by atoms with Gasteiger partial charge >= 0.3 is 12.1 Å². The minimum atomic E-state index is -1.01. The van der Waals surface area contributed by atoms with Crippen molar-refractivity contribution in [2.24, 2.45) is 0 Å². The molecule has 1 amide bonds. The van der Waals surface area contributed by atoms with E-state index in [1.807, 2.05) is 36.4 Å². The Bertz CT molecular complexity index is 751. The Morgan fingerprint density at radius 2 is 1.76 bits per heavy atom. The summed E-state index contributed by atoms with van der Waals surface area (Å²) in [5, 5.41) is 20.4. The van der Waals surface area contributed by atoms with Crippen LogP contribution in [0.2, 0.25) is 0 Å². The highest BCUT2D eigenvalue weighted by Gasteiger charge is 2.17. The van der Waals surface area contributed by atoms with E-state index in [1.54, 1.807) is 24.3 Å². The van der Waals surface area contributed by atoms with Crippen LogP contribution in [0.3, 0.4) is 0 Å². The second kappa shape index (κ2) is 9.08. The van der Waals surface area contributed by atoms with Crippen molar-refractivity contribution in [3.05, 3.63) is 71.3 Å². The molecular formula is C19H18N2O4. The smallest absolute Gasteiger partial charge is 0.407 e. The van der Waals surface area contributed by atoms with Crippen LogP contribution in [0.5, 0.6) is 0 Å². The molecule has 0 heterocycles. The highest BCUT2D eigenvalue weighted by Crippen LogP contribution is 2.09. The van der Waals surface area contributed by atoms with Gasteiger partial charge in [0, 0.05) is 6.04 Å². The Labute approximate surface area is 145 Å². The first-order chi connectivity index (χ1) is 12.1. The summed E-state index contributed by atoms with van der Waals surface area (Å²) >= 11 is 0. The summed E-state index contributed by atoms with van der Waals surface area (Å²) in [4.78, 5) is 23.0. The zero-order chi connectivity index (χ0) is 18.1. The van der Waals surface area contributed by atoms with Crippen molar-refractivity contribution in [1.82, 2.24) is 5.32 Å². The molecule has 0 saturated carbocycles. The fraction of sp³-hybridized carbons (Fsp3) is 0.211. The molecule has 2 N–H and O–H groups in total. The van der Waals surface area contributed by atoms with Crippen LogP contribution >= 0.6 is 0 Å². The van der Waals surface area contributed by atoms with E-state index in [0.717, 1.165) is 11.1 Å². The maximum atomic E-state index is 11.9. The second-order valence-corrected chi connectivity index (χ2v) is 5.51. The summed E-state index contributed by atoms with van der Waals surface area (Å²) < 4.78 is 5.13. The number of alkyl carbamates (subject to hydrolysis) is 1. The Kier molecular flexibility index (Phi) is 6.55. The van der Waals surface area contributed by atoms with E-state index < -0.39 is 18.1 Å². The Morgan fingerprint density at radius 3 is 2.36 bits per heavy atom. The first-order valence-corrected chi connectivity index (χ1v) is 7.75. The van der Waals surface area contributed by atoms with Crippen LogP contribution in [-0.2, 0) is 22.6 Å². The number of carbonyl (C=O) groups excluding carboxylic acids is 1. The number of nitrogens with one attached hydrogen (secondary N) is 1. The van der Waals surface area contributed by atoms with Gasteiger partial charge in [-0.25, -0.2) is 4.79 Å². The highest BCUT2D eigenvalue weighted by atomic mass is 16.5. The zero-order valence-corrected chi connectivity index (χ0v) is 13.5. The number of carboxylic acid groups (broad SMARTS) is 1. The molecule has 6 nitrogen and oxygen atoms in total. The fourth-order valence-electron chi connectivity index (χ4n) is 2.32. The molecule has 6 heteroatoms. The van der Waals surface area contributed by atoms with E-state index in [1.165, 1.54) is 0 Å². The SMILES string of the molecule is N#Cc1ccc(C[C@H](CC(=O)O)NC(=O)OCc2ccccc2)cc1. The third-order valence-corrected chi connectivity index (χ3v) is 3.52. The number of nitrogens with zero attached hydrogens (tertiary/aromatic N) is 1. The molecule has 0 spiro atoms. The Hall–Kier alpha value is -3.33. The van der Waals surface area contributed by atoms with Gasteiger partial charge in [-0.3, -0.25) is 4.79 Å². The molecule has 0 radical (unpaired) electrons. The molecule has 0 saturated heterocycles. The number of ether oxygens (including phenoxy) is 1. The molecule has 0 aliphatic heterocycles. The predicted molar refractivity (Wildman–Crippen MR) is 90.7 cm³/mol. The van der Waals surface area contributed by atoms with Crippen LogP contribution in [-0.4, -0.2) is 23.2 Å².